The maximum atomic E-state index is 12.0. The Morgan fingerprint density at radius 3 is 1.31 bits per heavy atom. The molecule has 1 fully saturated rings. The molecule has 10 N–H and O–H groups in total. The molecule has 0 radical (unpaired) electrons. The predicted octanol–water partition coefficient (Wildman–Crippen LogP) is -1.48. The number of fused-ring (bicyclic) bond motifs is 2. The van der Waals surface area contributed by atoms with E-state index in [1.807, 2.05) is 0 Å². The number of alkyl halides is 1. The minimum Gasteiger partial charge on any atom is -0.481 e. The largest absolute Gasteiger partial charge is 0.481 e. The van der Waals surface area contributed by atoms with Gasteiger partial charge in [0.05, 0.1) is 31.8 Å². The number of nitrogens with zero attached hydrogens (tertiary/aromatic N) is 10. The molecule has 3 aliphatic heterocycles. The van der Waals surface area contributed by atoms with Crippen LogP contribution in [0.25, 0.3) is 0 Å². The fraction of sp³-hybridized carbons (Fsp3) is 0.556. The number of Topliss-reactive ketones (excluding diaryl/α,β-unsaturated/α-hetero) is 1. The second kappa shape index (κ2) is 38.6. The number of halogens is 1. The lowest BCUT2D eigenvalue weighted by Gasteiger charge is -2.10. The number of carbonyl (C=O) groups excluding carboxylic acids is 4. The monoisotopic (exact) mass is 1250 g/mol. The van der Waals surface area contributed by atoms with E-state index in [1.165, 1.54) is 51.4 Å². The van der Waals surface area contributed by atoms with Gasteiger partial charge in [-0.1, -0.05) is 0 Å². The van der Waals surface area contributed by atoms with Gasteiger partial charge in [-0.3, -0.25) is 88.9 Å². The van der Waals surface area contributed by atoms with Crippen molar-refractivity contribution < 1.29 is 64.4 Å². The molecular formula is C54H82FN13O20. The van der Waals surface area contributed by atoms with Crippen molar-refractivity contribution in [3.05, 3.63) is 100 Å². The lowest BCUT2D eigenvalue weighted by atomic mass is 10.1. The summed E-state index contributed by atoms with van der Waals surface area (Å²) in [6, 6.07) is 0. The first-order chi connectivity index (χ1) is 41.6. The third kappa shape index (κ3) is 23.1. The van der Waals surface area contributed by atoms with Crippen LogP contribution < -0.4 is 62.2 Å². The first-order valence-corrected chi connectivity index (χ1v) is 27.1. The first kappa shape index (κ1) is 76.5. The second-order valence-electron chi connectivity index (χ2n) is 19.0. The molecule has 490 valence electrons. The SMILES string of the molecule is CCO.CCO.CCOC(=O)CCCC1=Nc2c(c(=O)n(C)c(=O)n2C)C1.Cn1c(N)c(CC(=O)CCCC(=O)O)c(=O)n(C)c1=O.Cn1c(N)c(N)c(=O)n(C)c1=O.Cn1c2c(c(=O)n(C)c1=O)CC(CCCC(=O)O)=N2.O=C1CCCC(=O)O1.[2H]CF. The highest BCUT2D eigenvalue weighted by Gasteiger charge is 2.25. The van der Waals surface area contributed by atoms with Crippen LogP contribution >= 0.6 is 0 Å². The summed E-state index contributed by atoms with van der Waals surface area (Å²) in [5.74, 6) is -2.30. The molecule has 4 aromatic heterocycles. The van der Waals surface area contributed by atoms with Crippen molar-refractivity contribution >= 4 is 76.0 Å². The quantitative estimate of drug-likeness (QED) is 0.0527. The van der Waals surface area contributed by atoms with Crippen LogP contribution in [0.3, 0.4) is 0 Å². The zero-order valence-electron chi connectivity index (χ0n) is 52.3. The topological polar surface area (TPSA) is 481 Å². The van der Waals surface area contributed by atoms with E-state index >= 15 is 0 Å². The number of aliphatic hydroxyl groups is 2. The standard InChI is InChI=1S/C14H19N3O4.C12H17N3O5.C12H15N3O4.C6H10N4O2.C5H6O3.2C2H6O.CH3F/c1-4-21-11(18)7-5-6-9-8-10-12(15-9)16(2)14(20)17(3)13(10)19;1-14-10(13)8(11(19)15(2)12(14)20)6-7(16)4-3-5-9(17)18;1-14-10-8(11(18)15(2)12(14)19)6-7(13-10)4-3-5-9(16)17;1-9-4(8)3(7)5(11)10(2)6(9)12;6-4-2-1-3-5(7)8-4;2*1-2-3;1-2/h4-8H2,1-3H3;3-6,13H2,1-2H3,(H,17,18);3-6H2,1-2H3,(H,16,17);7-8H2,1-2H3;1-3H2;2*3H,2H2,1H3;1H3/i;;;;;;;1D. The molecule has 1 saturated heterocycles. The number of esters is 3. The van der Waals surface area contributed by atoms with E-state index < -0.39 is 47.3 Å². The summed E-state index contributed by atoms with van der Waals surface area (Å²) < 4.78 is 33.5. The first-order valence-electron chi connectivity index (χ1n) is 27.8. The molecule has 34 heteroatoms. The van der Waals surface area contributed by atoms with Crippen LogP contribution in [0.15, 0.2) is 48.3 Å². The number of carbonyl (C=O) groups is 6. The molecule has 0 amide bonds. The Morgan fingerprint density at radius 1 is 0.557 bits per heavy atom. The van der Waals surface area contributed by atoms with Gasteiger partial charge in [0.15, 0.2) is 0 Å². The Labute approximate surface area is 503 Å². The van der Waals surface area contributed by atoms with Crippen LogP contribution in [0.5, 0.6) is 0 Å². The molecule has 0 saturated carbocycles. The van der Waals surface area contributed by atoms with Gasteiger partial charge in [-0.2, -0.15) is 0 Å². The number of ether oxygens (including phenoxy) is 2. The summed E-state index contributed by atoms with van der Waals surface area (Å²) in [6.45, 7) is 6.01. The minimum atomic E-state index is -1.00. The minimum absolute atomic E-state index is 0.00287. The Bertz CT molecular complexity index is 3680. The summed E-state index contributed by atoms with van der Waals surface area (Å²) >= 11 is 0. The average Bonchev–Trinajstić information content (AvgIpc) is 2.04. The molecule has 0 aliphatic carbocycles. The summed E-state index contributed by atoms with van der Waals surface area (Å²) in [5.41, 5.74) is 15.4. The Morgan fingerprint density at radius 2 is 0.920 bits per heavy atom. The van der Waals surface area contributed by atoms with Crippen LogP contribution in [-0.4, -0.2) is 131 Å². The Kier molecular flexibility index (Phi) is 33.5. The van der Waals surface area contributed by atoms with E-state index in [-0.39, 0.29) is 109 Å². The highest BCUT2D eigenvalue weighted by molar-refractivity contribution is 5.94. The van der Waals surface area contributed by atoms with Gasteiger partial charge < -0.3 is 47.1 Å². The number of aliphatic carboxylic acids is 2. The van der Waals surface area contributed by atoms with Crippen LogP contribution in [-0.2, 0) is 114 Å². The van der Waals surface area contributed by atoms with E-state index in [2.05, 4.69) is 14.7 Å². The van der Waals surface area contributed by atoms with Gasteiger partial charge in [0.2, 0.25) is 0 Å². The number of aliphatic imine (C=N–C) groups is 2. The molecule has 4 aromatic rings. The summed E-state index contributed by atoms with van der Waals surface area (Å²) in [6.07, 6.45) is 4.90. The zero-order chi connectivity index (χ0) is 68.7. The average molecular weight is 1250 g/mol. The maximum absolute atomic E-state index is 12.0. The van der Waals surface area contributed by atoms with E-state index in [0.717, 1.165) is 38.8 Å². The summed E-state index contributed by atoms with van der Waals surface area (Å²) in [4.78, 5) is 166. The van der Waals surface area contributed by atoms with E-state index in [9.17, 15) is 71.5 Å². The van der Waals surface area contributed by atoms with Crippen molar-refractivity contribution in [3.63, 3.8) is 0 Å². The van der Waals surface area contributed by atoms with Crippen LogP contribution in [0.1, 0.15) is 116 Å². The van der Waals surface area contributed by atoms with Gasteiger partial charge in [0, 0.05) is 139 Å². The van der Waals surface area contributed by atoms with E-state index in [0.29, 0.717) is 93.6 Å². The van der Waals surface area contributed by atoms with Crippen molar-refractivity contribution in [2.24, 2.45) is 66.4 Å². The molecule has 3 aliphatic rings. The highest BCUT2D eigenvalue weighted by Crippen LogP contribution is 2.24. The van der Waals surface area contributed by atoms with Gasteiger partial charge in [-0.15, -0.1) is 0 Å². The Balaban J connectivity index is 0.00000108. The lowest BCUT2D eigenvalue weighted by Crippen LogP contribution is -2.40. The lowest BCUT2D eigenvalue weighted by molar-refractivity contribution is -0.163. The second-order valence-corrected chi connectivity index (χ2v) is 19.0. The van der Waals surface area contributed by atoms with Crippen molar-refractivity contribution in [1.29, 1.82) is 0 Å². The number of anilines is 3. The van der Waals surface area contributed by atoms with Crippen molar-refractivity contribution in [2.75, 3.05) is 44.2 Å². The zero-order valence-corrected chi connectivity index (χ0v) is 51.3. The van der Waals surface area contributed by atoms with E-state index in [1.54, 1.807) is 34.9 Å². The molecule has 7 rings (SSSR count). The number of hydrogen-bond donors (Lipinski definition) is 7. The molecule has 88 heavy (non-hydrogen) atoms. The third-order valence-electron chi connectivity index (χ3n) is 12.5. The fourth-order valence-corrected chi connectivity index (χ4v) is 7.90. The summed E-state index contributed by atoms with van der Waals surface area (Å²) in [5, 5.41) is 32.2. The third-order valence-corrected chi connectivity index (χ3v) is 12.5. The van der Waals surface area contributed by atoms with Gasteiger partial charge in [0.1, 0.15) is 34.7 Å². The smallest absolute Gasteiger partial charge is 0.332 e. The number of carboxylic acid groups (broad SMARTS) is 2. The number of aliphatic hydroxyl groups excluding tert-OH is 2. The maximum Gasteiger partial charge on any atom is 0.332 e. The molecule has 0 atom stereocenters. The van der Waals surface area contributed by atoms with Gasteiger partial charge in [-0.25, -0.2) is 29.2 Å². The van der Waals surface area contributed by atoms with Gasteiger partial charge in [-0.05, 0) is 59.3 Å². The number of hydrogen-bond acceptors (Lipinski definition) is 23. The molecule has 0 spiro atoms. The number of cyclic esters (lactones) is 2. The Hall–Kier alpha value is -9.47. The number of rotatable bonds is 15. The summed E-state index contributed by atoms with van der Waals surface area (Å²) in [7, 11) is 10.6. The molecule has 0 bridgehead atoms. The van der Waals surface area contributed by atoms with Crippen molar-refractivity contribution in [1.82, 2.24) is 36.5 Å². The van der Waals surface area contributed by atoms with Crippen LogP contribution in [0.2, 0.25) is 0 Å². The number of nitrogens with two attached hydrogens (primary N) is 3. The van der Waals surface area contributed by atoms with Crippen molar-refractivity contribution in [2.45, 2.75) is 117 Å². The number of nitrogen functional groups attached to an aromatic ring is 3. The number of ketones is 1. The number of aromatic nitrogens is 8. The molecule has 0 aromatic carbocycles. The normalized spacial score (nSPS) is 12.2. The van der Waals surface area contributed by atoms with Crippen LogP contribution in [0.4, 0.5) is 33.3 Å². The number of carboxylic acids is 2. The molecule has 0 unspecified atom stereocenters. The van der Waals surface area contributed by atoms with E-state index in [4.69, 9.17) is 43.7 Å². The fourth-order valence-electron chi connectivity index (χ4n) is 7.90. The van der Waals surface area contributed by atoms with Crippen molar-refractivity contribution in [3.8, 4) is 0 Å². The van der Waals surface area contributed by atoms with Gasteiger partial charge in [0.25, 0.3) is 22.2 Å². The van der Waals surface area contributed by atoms with Gasteiger partial charge >= 0.3 is 52.6 Å². The molecule has 7 heterocycles. The molecule has 33 nitrogen and oxygen atoms in total. The van der Waals surface area contributed by atoms with Crippen LogP contribution in [0, 0.1) is 0 Å². The molecular weight excluding hydrogens is 1170 g/mol. The predicted molar refractivity (Wildman–Crippen MR) is 322 cm³/mol. The highest BCUT2D eigenvalue weighted by atomic mass is 19.1.